The van der Waals surface area contributed by atoms with Gasteiger partial charge < -0.3 is 9.47 Å². The van der Waals surface area contributed by atoms with E-state index in [1.165, 1.54) is 16.5 Å². The zero-order valence-electron chi connectivity index (χ0n) is 18.8. The number of aromatic nitrogens is 3. The van der Waals surface area contributed by atoms with E-state index >= 15 is 0 Å². The molecule has 5 rings (SSSR count). The van der Waals surface area contributed by atoms with Crippen LogP contribution in [-0.2, 0) is 9.47 Å². The van der Waals surface area contributed by atoms with Crippen LogP contribution in [0.2, 0.25) is 0 Å². The van der Waals surface area contributed by atoms with Crippen LogP contribution in [-0.4, -0.2) is 40.3 Å². The van der Waals surface area contributed by atoms with Crippen molar-refractivity contribution in [2.75, 3.05) is 19.8 Å². The molecule has 3 aromatic rings. The first-order chi connectivity index (χ1) is 15.9. The van der Waals surface area contributed by atoms with Gasteiger partial charge in [0.05, 0.1) is 18.4 Å². The van der Waals surface area contributed by atoms with E-state index in [9.17, 15) is 13.6 Å². The third-order valence-electron chi connectivity index (χ3n) is 6.94. The molecule has 0 radical (unpaired) electrons. The summed E-state index contributed by atoms with van der Waals surface area (Å²) in [5.74, 6) is -1.02. The number of fused-ring (bicyclic) bond motifs is 1. The zero-order valence-corrected chi connectivity index (χ0v) is 18.8. The number of hydrogen-bond acceptors (Lipinski definition) is 5. The van der Waals surface area contributed by atoms with Crippen molar-refractivity contribution < 1.29 is 18.3 Å². The van der Waals surface area contributed by atoms with Crippen LogP contribution in [0.3, 0.4) is 0 Å². The van der Waals surface area contributed by atoms with E-state index in [-0.39, 0.29) is 34.5 Å². The van der Waals surface area contributed by atoms with Crippen LogP contribution in [0.1, 0.15) is 48.6 Å². The predicted octanol–water partition coefficient (Wildman–Crippen LogP) is 4.34. The highest BCUT2D eigenvalue weighted by atomic mass is 19.1. The first-order valence-corrected chi connectivity index (χ1v) is 11.5. The predicted molar refractivity (Wildman–Crippen MR) is 119 cm³/mol. The number of hydrogen-bond donors (Lipinski definition) is 0. The van der Waals surface area contributed by atoms with Gasteiger partial charge in [-0.05, 0) is 51.7 Å². The molecule has 0 amide bonds. The maximum absolute atomic E-state index is 14.8. The van der Waals surface area contributed by atoms with E-state index in [4.69, 9.17) is 14.5 Å². The molecule has 6 nitrogen and oxygen atoms in total. The van der Waals surface area contributed by atoms with Crippen molar-refractivity contribution in [3.8, 4) is 11.3 Å². The van der Waals surface area contributed by atoms with Gasteiger partial charge in [-0.3, -0.25) is 9.20 Å². The topological polar surface area (TPSA) is 65.7 Å². The Morgan fingerprint density at radius 1 is 1.12 bits per heavy atom. The van der Waals surface area contributed by atoms with Gasteiger partial charge in [-0.15, -0.1) is 0 Å². The third kappa shape index (κ3) is 4.17. The van der Waals surface area contributed by atoms with E-state index in [0.717, 1.165) is 38.4 Å². The van der Waals surface area contributed by atoms with Gasteiger partial charge in [0.15, 0.2) is 5.65 Å². The summed E-state index contributed by atoms with van der Waals surface area (Å²) in [7, 11) is 0. The second-order valence-electron chi connectivity index (χ2n) is 9.07. The first kappa shape index (κ1) is 22.1. The lowest BCUT2D eigenvalue weighted by Crippen LogP contribution is -2.36. The second kappa shape index (κ2) is 8.91. The Kier molecular flexibility index (Phi) is 5.97. The van der Waals surface area contributed by atoms with Gasteiger partial charge in [-0.1, -0.05) is 0 Å². The Morgan fingerprint density at radius 2 is 1.97 bits per heavy atom. The van der Waals surface area contributed by atoms with E-state index in [1.54, 1.807) is 20.0 Å². The minimum absolute atomic E-state index is 0.0471. The third-order valence-corrected chi connectivity index (χ3v) is 6.94. The molecule has 0 bridgehead atoms. The molecule has 2 aromatic heterocycles. The summed E-state index contributed by atoms with van der Waals surface area (Å²) in [6, 6.07) is 3.37. The average molecular weight is 456 g/mol. The van der Waals surface area contributed by atoms with Crippen LogP contribution < -0.4 is 5.56 Å². The Balaban J connectivity index is 1.63. The molecule has 0 N–H and O–H groups in total. The summed E-state index contributed by atoms with van der Waals surface area (Å²) < 4.78 is 41.6. The summed E-state index contributed by atoms with van der Waals surface area (Å²) in [4.78, 5) is 22.5. The second-order valence-corrected chi connectivity index (χ2v) is 9.07. The summed E-state index contributed by atoms with van der Waals surface area (Å²) in [6.45, 7) is 5.54. The van der Waals surface area contributed by atoms with Crippen molar-refractivity contribution in [3.63, 3.8) is 0 Å². The van der Waals surface area contributed by atoms with Gasteiger partial charge in [0.25, 0.3) is 5.56 Å². The molecule has 2 aliphatic rings. The van der Waals surface area contributed by atoms with Crippen LogP contribution in [0.4, 0.5) is 8.78 Å². The molecule has 8 heteroatoms. The lowest BCUT2D eigenvalue weighted by atomic mass is 9.84. The fourth-order valence-corrected chi connectivity index (χ4v) is 4.90. The van der Waals surface area contributed by atoms with E-state index in [2.05, 4.69) is 4.98 Å². The summed E-state index contributed by atoms with van der Waals surface area (Å²) >= 11 is 0. The van der Waals surface area contributed by atoms with Crippen molar-refractivity contribution in [1.82, 2.24) is 14.4 Å². The fraction of sp³-hybridized carbons (Fsp3) is 0.480. The molecule has 4 heterocycles. The van der Waals surface area contributed by atoms with Crippen LogP contribution >= 0.6 is 0 Å². The molecule has 174 valence electrons. The highest BCUT2D eigenvalue weighted by Crippen LogP contribution is 2.36. The van der Waals surface area contributed by atoms with E-state index < -0.39 is 11.6 Å². The van der Waals surface area contributed by atoms with Gasteiger partial charge in [-0.2, -0.15) is 0 Å². The SMILES string of the molecule is Cc1nc2c(-c3ccc(F)cc3F)nc([C@H]3CCO[C@@H](C4CCCOC4)C3)cn2c(=O)c1C. The Morgan fingerprint density at radius 3 is 2.73 bits per heavy atom. The number of halogens is 2. The molecule has 1 aromatic carbocycles. The van der Waals surface area contributed by atoms with Gasteiger partial charge in [0, 0.05) is 54.1 Å². The van der Waals surface area contributed by atoms with Gasteiger partial charge in [-0.25, -0.2) is 18.7 Å². The molecule has 0 aliphatic carbocycles. The highest BCUT2D eigenvalue weighted by molar-refractivity contribution is 5.74. The number of ether oxygens (including phenoxy) is 2. The summed E-state index contributed by atoms with van der Waals surface area (Å²) in [5, 5.41) is 0. The number of rotatable bonds is 3. The maximum atomic E-state index is 14.8. The minimum atomic E-state index is -0.738. The van der Waals surface area contributed by atoms with Crippen LogP contribution in [0.15, 0.2) is 29.2 Å². The molecule has 0 saturated carbocycles. The van der Waals surface area contributed by atoms with Crippen molar-refractivity contribution in [3.05, 3.63) is 63.3 Å². The van der Waals surface area contributed by atoms with Crippen LogP contribution in [0.5, 0.6) is 0 Å². The molecular formula is C25H27F2N3O3. The van der Waals surface area contributed by atoms with Crippen molar-refractivity contribution in [2.45, 2.75) is 51.6 Å². The van der Waals surface area contributed by atoms with Gasteiger partial charge in [0.1, 0.15) is 17.3 Å². The summed E-state index contributed by atoms with van der Waals surface area (Å²) in [6.07, 6.45) is 5.38. The standard InChI is InChI=1S/C25H27F2N3O3/c1-14-15(2)28-24-23(19-6-5-18(26)11-20(19)27)29-21(12-30(24)25(14)31)16-7-9-33-22(10-16)17-4-3-8-32-13-17/h5-6,11-12,16-17,22H,3-4,7-10,13H2,1-2H3/t16-,17?,22+/m0/s1. The lowest BCUT2D eigenvalue weighted by Gasteiger charge is -2.36. The molecule has 3 atom stereocenters. The highest BCUT2D eigenvalue weighted by Gasteiger charge is 2.32. The van der Waals surface area contributed by atoms with E-state index in [1.807, 2.05) is 0 Å². The first-order valence-electron chi connectivity index (χ1n) is 11.5. The molecule has 2 saturated heterocycles. The molecule has 2 fully saturated rings. The fourth-order valence-electron chi connectivity index (χ4n) is 4.90. The van der Waals surface area contributed by atoms with Crippen molar-refractivity contribution in [2.24, 2.45) is 5.92 Å². The smallest absolute Gasteiger partial charge is 0.261 e. The quantitative estimate of drug-likeness (QED) is 0.588. The molecule has 0 spiro atoms. The molecule has 2 aliphatic heterocycles. The monoisotopic (exact) mass is 455 g/mol. The van der Waals surface area contributed by atoms with Crippen LogP contribution in [0.25, 0.3) is 16.9 Å². The molecule has 1 unspecified atom stereocenters. The zero-order chi connectivity index (χ0) is 23.1. The van der Waals surface area contributed by atoms with Crippen molar-refractivity contribution in [1.29, 1.82) is 0 Å². The number of aryl methyl sites for hydroxylation is 1. The minimum Gasteiger partial charge on any atom is -0.381 e. The van der Waals surface area contributed by atoms with E-state index in [0.29, 0.717) is 36.1 Å². The number of benzene rings is 1. The van der Waals surface area contributed by atoms with Crippen molar-refractivity contribution >= 4 is 5.65 Å². The molecular weight excluding hydrogens is 428 g/mol. The number of nitrogens with zero attached hydrogens (tertiary/aromatic N) is 3. The Bertz CT molecular complexity index is 1250. The van der Waals surface area contributed by atoms with Gasteiger partial charge in [0.2, 0.25) is 0 Å². The largest absolute Gasteiger partial charge is 0.381 e. The maximum Gasteiger partial charge on any atom is 0.261 e. The summed E-state index contributed by atoms with van der Waals surface area (Å²) in [5.41, 5.74) is 2.19. The Hall–Kier alpha value is -2.71. The van der Waals surface area contributed by atoms with Crippen LogP contribution in [0, 0.1) is 31.4 Å². The van der Waals surface area contributed by atoms with Gasteiger partial charge >= 0.3 is 0 Å². The average Bonchev–Trinajstić information content (AvgIpc) is 2.83. The lowest BCUT2D eigenvalue weighted by molar-refractivity contribution is -0.0723. The Labute approximate surface area is 190 Å². The molecule has 33 heavy (non-hydrogen) atoms. The normalized spacial score (nSPS) is 23.7.